The standard InChI is InChI=1S/C23H24N2O5/c1-13-22(15(3)26)14(2)24-23(13)20(28)12-30-21(29)11-19-18-8-6-5-7-17(18)9-10-25(19)16(4)27/h5-10,19,24H,11-12H2,1-4H3/t19-/m1/s1. The number of amides is 1. The quantitative estimate of drug-likeness (QED) is 0.583. The molecule has 0 saturated heterocycles. The van der Waals surface area contributed by atoms with Gasteiger partial charge in [0.15, 0.2) is 12.4 Å². The van der Waals surface area contributed by atoms with Crippen LogP contribution in [0, 0.1) is 13.8 Å². The SMILES string of the molecule is CC(=O)c1c(C)[nH]c(C(=O)COC(=O)C[C@@H]2c3ccccc3C=CN2C(C)=O)c1C. The van der Waals surface area contributed by atoms with Crippen LogP contribution in [-0.4, -0.2) is 39.9 Å². The second-order valence-corrected chi connectivity index (χ2v) is 7.36. The Balaban J connectivity index is 1.70. The molecule has 30 heavy (non-hydrogen) atoms. The summed E-state index contributed by atoms with van der Waals surface area (Å²) >= 11 is 0. The fourth-order valence-corrected chi connectivity index (χ4v) is 3.91. The predicted molar refractivity (Wildman–Crippen MR) is 111 cm³/mol. The number of benzene rings is 1. The van der Waals surface area contributed by atoms with Crippen molar-refractivity contribution in [2.24, 2.45) is 0 Å². The number of hydrogen-bond acceptors (Lipinski definition) is 5. The van der Waals surface area contributed by atoms with Crippen molar-refractivity contribution in [3.63, 3.8) is 0 Å². The molecule has 156 valence electrons. The highest BCUT2D eigenvalue weighted by Gasteiger charge is 2.29. The lowest BCUT2D eigenvalue weighted by molar-refractivity contribution is -0.144. The van der Waals surface area contributed by atoms with Crippen molar-refractivity contribution in [2.45, 2.75) is 40.2 Å². The molecule has 2 aromatic rings. The summed E-state index contributed by atoms with van der Waals surface area (Å²) in [6.45, 7) is 5.83. The zero-order chi connectivity index (χ0) is 22.0. The third kappa shape index (κ3) is 4.10. The molecule has 7 nitrogen and oxygen atoms in total. The van der Waals surface area contributed by atoms with E-state index in [1.54, 1.807) is 20.0 Å². The number of rotatable bonds is 6. The van der Waals surface area contributed by atoms with Crippen LogP contribution in [0.1, 0.15) is 69.5 Å². The molecule has 0 bridgehead atoms. The molecule has 0 aliphatic carbocycles. The van der Waals surface area contributed by atoms with Gasteiger partial charge in [0, 0.05) is 24.4 Å². The van der Waals surface area contributed by atoms with Gasteiger partial charge in [-0.3, -0.25) is 19.2 Å². The molecular weight excluding hydrogens is 384 g/mol. The van der Waals surface area contributed by atoms with Crippen molar-refractivity contribution < 1.29 is 23.9 Å². The Morgan fingerprint density at radius 2 is 1.80 bits per heavy atom. The fourth-order valence-electron chi connectivity index (χ4n) is 3.91. The van der Waals surface area contributed by atoms with Crippen LogP contribution in [0.15, 0.2) is 30.5 Å². The molecule has 1 aliphatic heterocycles. The van der Waals surface area contributed by atoms with E-state index in [4.69, 9.17) is 4.74 Å². The largest absolute Gasteiger partial charge is 0.457 e. The molecule has 1 aromatic heterocycles. The molecule has 0 unspecified atom stereocenters. The number of Topliss-reactive ketones (excluding diaryl/α,β-unsaturated/α-hetero) is 2. The zero-order valence-electron chi connectivity index (χ0n) is 17.4. The summed E-state index contributed by atoms with van der Waals surface area (Å²) in [4.78, 5) is 53.2. The molecule has 3 rings (SSSR count). The lowest BCUT2D eigenvalue weighted by atomic mass is 9.94. The van der Waals surface area contributed by atoms with Gasteiger partial charge in [-0.15, -0.1) is 0 Å². The van der Waals surface area contributed by atoms with Gasteiger partial charge in [-0.2, -0.15) is 0 Å². The highest BCUT2D eigenvalue weighted by atomic mass is 16.5. The smallest absolute Gasteiger partial charge is 0.308 e. The topological polar surface area (TPSA) is 96.5 Å². The molecule has 1 atom stereocenters. The molecule has 1 amide bonds. The summed E-state index contributed by atoms with van der Waals surface area (Å²) in [5.41, 5.74) is 3.68. The van der Waals surface area contributed by atoms with Gasteiger partial charge in [0.2, 0.25) is 11.7 Å². The minimum absolute atomic E-state index is 0.0738. The lowest BCUT2D eigenvalue weighted by Crippen LogP contribution is -2.32. The number of hydrogen-bond donors (Lipinski definition) is 1. The van der Waals surface area contributed by atoms with E-state index in [9.17, 15) is 19.2 Å². The third-order valence-corrected chi connectivity index (χ3v) is 5.26. The molecule has 0 fully saturated rings. The number of carbonyl (C=O) groups excluding carboxylic acids is 4. The van der Waals surface area contributed by atoms with Gasteiger partial charge in [0.05, 0.1) is 18.2 Å². The second kappa shape index (κ2) is 8.49. The molecule has 7 heteroatoms. The van der Waals surface area contributed by atoms with Gasteiger partial charge in [-0.1, -0.05) is 24.3 Å². The lowest BCUT2D eigenvalue weighted by Gasteiger charge is -2.32. The number of carbonyl (C=O) groups is 4. The van der Waals surface area contributed by atoms with Gasteiger partial charge in [-0.05, 0) is 43.5 Å². The highest BCUT2D eigenvalue weighted by molar-refractivity contribution is 6.04. The zero-order valence-corrected chi connectivity index (χ0v) is 17.4. The Morgan fingerprint density at radius 1 is 1.10 bits per heavy atom. The average Bonchev–Trinajstić information content (AvgIpc) is 3.00. The first kappa shape index (κ1) is 21.2. The van der Waals surface area contributed by atoms with Crippen molar-refractivity contribution in [3.05, 3.63) is 64.1 Å². The molecule has 0 radical (unpaired) electrons. The number of aromatic nitrogens is 1. The van der Waals surface area contributed by atoms with E-state index in [0.29, 0.717) is 16.8 Å². The van der Waals surface area contributed by atoms with E-state index >= 15 is 0 Å². The minimum Gasteiger partial charge on any atom is -0.457 e. The van der Waals surface area contributed by atoms with Crippen LogP contribution in [0.4, 0.5) is 0 Å². The van der Waals surface area contributed by atoms with Crippen LogP contribution in [0.25, 0.3) is 6.08 Å². The van der Waals surface area contributed by atoms with E-state index in [2.05, 4.69) is 4.98 Å². The van der Waals surface area contributed by atoms with Crippen LogP contribution >= 0.6 is 0 Å². The summed E-state index contributed by atoms with van der Waals surface area (Å²) in [7, 11) is 0. The number of H-pyrrole nitrogens is 1. The number of aromatic amines is 1. The Hall–Kier alpha value is -3.48. The first-order valence-electron chi connectivity index (χ1n) is 9.65. The van der Waals surface area contributed by atoms with Gasteiger partial charge >= 0.3 is 5.97 Å². The van der Waals surface area contributed by atoms with Gasteiger partial charge < -0.3 is 14.6 Å². The van der Waals surface area contributed by atoms with Gasteiger partial charge in [0.1, 0.15) is 0 Å². The van der Waals surface area contributed by atoms with Crippen LogP contribution in [-0.2, 0) is 14.3 Å². The fraction of sp³-hybridized carbons (Fsp3) is 0.304. The van der Waals surface area contributed by atoms with Crippen LogP contribution in [0.2, 0.25) is 0 Å². The molecular formula is C23H24N2O5. The van der Waals surface area contributed by atoms with E-state index in [1.165, 1.54) is 18.7 Å². The average molecular weight is 408 g/mol. The summed E-state index contributed by atoms with van der Waals surface area (Å²) in [6, 6.07) is 7.02. The van der Waals surface area contributed by atoms with E-state index in [0.717, 1.165) is 11.1 Å². The predicted octanol–water partition coefficient (Wildman–Crippen LogP) is 3.52. The Morgan fingerprint density at radius 3 is 2.43 bits per heavy atom. The summed E-state index contributed by atoms with van der Waals surface area (Å²) in [6.07, 6.45) is 3.41. The maximum Gasteiger partial charge on any atom is 0.308 e. The van der Waals surface area contributed by atoms with Crippen molar-refractivity contribution in [2.75, 3.05) is 6.61 Å². The number of ether oxygens (including phenoxy) is 1. The number of nitrogens with one attached hydrogen (secondary N) is 1. The number of ketones is 2. The normalized spacial score (nSPS) is 14.9. The number of nitrogens with zero attached hydrogens (tertiary/aromatic N) is 1. The summed E-state index contributed by atoms with van der Waals surface area (Å²) in [5, 5.41) is 0. The highest BCUT2D eigenvalue weighted by Crippen LogP contribution is 2.33. The maximum absolute atomic E-state index is 12.5. The molecule has 0 saturated carbocycles. The first-order chi connectivity index (χ1) is 14.2. The Labute approximate surface area is 174 Å². The first-order valence-corrected chi connectivity index (χ1v) is 9.65. The van der Waals surface area contributed by atoms with Crippen LogP contribution in [0.5, 0.6) is 0 Å². The number of aryl methyl sites for hydroxylation is 1. The number of esters is 1. The molecule has 1 aromatic carbocycles. The second-order valence-electron chi connectivity index (χ2n) is 7.36. The van der Waals surface area contributed by atoms with E-state index in [-0.39, 0.29) is 23.8 Å². The molecule has 1 aliphatic rings. The van der Waals surface area contributed by atoms with Crippen LogP contribution < -0.4 is 0 Å². The number of fused-ring (bicyclic) bond motifs is 1. The van der Waals surface area contributed by atoms with Gasteiger partial charge in [-0.25, -0.2) is 0 Å². The summed E-state index contributed by atoms with van der Waals surface area (Å²) in [5.74, 6) is -1.32. The van der Waals surface area contributed by atoms with E-state index < -0.39 is 24.4 Å². The molecule has 2 heterocycles. The maximum atomic E-state index is 12.5. The van der Waals surface area contributed by atoms with Crippen molar-refractivity contribution >= 4 is 29.5 Å². The minimum atomic E-state index is -0.586. The van der Waals surface area contributed by atoms with E-state index in [1.807, 2.05) is 30.3 Å². The van der Waals surface area contributed by atoms with Gasteiger partial charge in [0.25, 0.3) is 0 Å². The van der Waals surface area contributed by atoms with Crippen LogP contribution in [0.3, 0.4) is 0 Å². The Bertz CT molecular complexity index is 1060. The third-order valence-electron chi connectivity index (χ3n) is 5.26. The van der Waals surface area contributed by atoms with Crippen molar-refractivity contribution in [3.8, 4) is 0 Å². The molecule has 1 N–H and O–H groups in total. The monoisotopic (exact) mass is 408 g/mol. The Kier molecular flexibility index (Phi) is 6.01. The van der Waals surface area contributed by atoms with Crippen molar-refractivity contribution in [1.29, 1.82) is 0 Å². The summed E-state index contributed by atoms with van der Waals surface area (Å²) < 4.78 is 5.21. The molecule has 0 spiro atoms. The van der Waals surface area contributed by atoms with Crippen molar-refractivity contribution in [1.82, 2.24) is 9.88 Å².